The minimum atomic E-state index is -0.806. The van der Waals surface area contributed by atoms with Crippen LogP contribution in [-0.2, 0) is 9.59 Å². The standard InChI is InChI=1S/C12H23N3O3/c1-3-15(4-2)10(16)5-6-14-12(7-11(17)18)8-13-9-12/h13-14H,3-9H2,1-2H3,(H,17,18). The Morgan fingerprint density at radius 3 is 2.33 bits per heavy atom. The lowest BCUT2D eigenvalue weighted by Crippen LogP contribution is -2.68. The predicted octanol–water partition coefficient (Wildman–Crippen LogP) is -0.349. The first-order valence-electron chi connectivity index (χ1n) is 6.48. The molecular weight excluding hydrogens is 234 g/mol. The van der Waals surface area contributed by atoms with Crippen molar-refractivity contribution >= 4 is 11.9 Å². The summed E-state index contributed by atoms with van der Waals surface area (Å²) < 4.78 is 0. The number of nitrogens with zero attached hydrogens (tertiary/aromatic N) is 1. The highest BCUT2D eigenvalue weighted by Crippen LogP contribution is 2.15. The lowest BCUT2D eigenvalue weighted by molar-refractivity contribution is -0.139. The van der Waals surface area contributed by atoms with Crippen LogP contribution in [-0.4, -0.2) is 60.1 Å². The molecule has 0 aromatic heterocycles. The van der Waals surface area contributed by atoms with E-state index in [0.29, 0.717) is 26.1 Å². The molecule has 1 heterocycles. The molecule has 0 spiro atoms. The molecule has 18 heavy (non-hydrogen) atoms. The van der Waals surface area contributed by atoms with Crippen LogP contribution in [0, 0.1) is 0 Å². The van der Waals surface area contributed by atoms with Crippen LogP contribution in [0.3, 0.4) is 0 Å². The summed E-state index contributed by atoms with van der Waals surface area (Å²) in [5.74, 6) is -0.690. The summed E-state index contributed by atoms with van der Waals surface area (Å²) in [6, 6.07) is 0. The van der Waals surface area contributed by atoms with Gasteiger partial charge in [0, 0.05) is 39.1 Å². The molecule has 1 aliphatic heterocycles. The van der Waals surface area contributed by atoms with Gasteiger partial charge in [0.1, 0.15) is 0 Å². The zero-order valence-electron chi connectivity index (χ0n) is 11.2. The van der Waals surface area contributed by atoms with E-state index in [-0.39, 0.29) is 17.9 Å². The summed E-state index contributed by atoms with van der Waals surface area (Å²) in [7, 11) is 0. The van der Waals surface area contributed by atoms with Crippen LogP contribution in [0.5, 0.6) is 0 Å². The van der Waals surface area contributed by atoms with Gasteiger partial charge >= 0.3 is 5.97 Å². The van der Waals surface area contributed by atoms with Gasteiger partial charge in [0.25, 0.3) is 0 Å². The highest BCUT2D eigenvalue weighted by Gasteiger charge is 2.38. The quantitative estimate of drug-likeness (QED) is 0.554. The molecule has 0 aromatic carbocycles. The van der Waals surface area contributed by atoms with Crippen molar-refractivity contribution in [3.63, 3.8) is 0 Å². The van der Waals surface area contributed by atoms with E-state index < -0.39 is 5.97 Å². The van der Waals surface area contributed by atoms with E-state index in [1.165, 1.54) is 0 Å². The Morgan fingerprint density at radius 2 is 1.94 bits per heavy atom. The van der Waals surface area contributed by atoms with Crippen LogP contribution in [0.15, 0.2) is 0 Å². The van der Waals surface area contributed by atoms with Crippen molar-refractivity contribution in [2.45, 2.75) is 32.2 Å². The largest absolute Gasteiger partial charge is 0.481 e. The van der Waals surface area contributed by atoms with Crippen molar-refractivity contribution < 1.29 is 14.7 Å². The summed E-state index contributed by atoms with van der Waals surface area (Å²) in [5, 5.41) is 15.1. The van der Waals surface area contributed by atoms with Gasteiger partial charge in [0.05, 0.1) is 12.0 Å². The molecule has 1 saturated heterocycles. The maximum atomic E-state index is 11.8. The smallest absolute Gasteiger partial charge is 0.305 e. The molecule has 3 N–H and O–H groups in total. The molecule has 1 aliphatic rings. The van der Waals surface area contributed by atoms with Crippen LogP contribution in [0.1, 0.15) is 26.7 Å². The minimum Gasteiger partial charge on any atom is -0.481 e. The number of carboxylic acid groups (broad SMARTS) is 1. The highest BCUT2D eigenvalue weighted by atomic mass is 16.4. The Hall–Kier alpha value is -1.14. The molecule has 0 atom stereocenters. The van der Waals surface area contributed by atoms with Crippen molar-refractivity contribution in [1.82, 2.24) is 15.5 Å². The summed E-state index contributed by atoms with van der Waals surface area (Å²) in [5.41, 5.74) is -0.366. The molecule has 1 fully saturated rings. The van der Waals surface area contributed by atoms with E-state index in [4.69, 9.17) is 5.11 Å². The van der Waals surface area contributed by atoms with Gasteiger partial charge in [-0.05, 0) is 13.8 Å². The fourth-order valence-corrected chi connectivity index (χ4v) is 2.20. The van der Waals surface area contributed by atoms with Gasteiger partial charge in [0.15, 0.2) is 0 Å². The van der Waals surface area contributed by atoms with Crippen molar-refractivity contribution in [2.75, 3.05) is 32.7 Å². The number of carbonyl (C=O) groups excluding carboxylic acids is 1. The fourth-order valence-electron chi connectivity index (χ4n) is 2.20. The zero-order valence-corrected chi connectivity index (χ0v) is 11.2. The fraction of sp³-hybridized carbons (Fsp3) is 0.833. The predicted molar refractivity (Wildman–Crippen MR) is 68.4 cm³/mol. The Bertz CT molecular complexity index is 299. The van der Waals surface area contributed by atoms with Gasteiger partial charge in [-0.25, -0.2) is 0 Å². The molecule has 6 heteroatoms. The Morgan fingerprint density at radius 1 is 1.33 bits per heavy atom. The van der Waals surface area contributed by atoms with Crippen LogP contribution in [0.25, 0.3) is 0 Å². The van der Waals surface area contributed by atoms with Crippen molar-refractivity contribution in [2.24, 2.45) is 0 Å². The lowest BCUT2D eigenvalue weighted by Gasteiger charge is -2.42. The van der Waals surface area contributed by atoms with Gasteiger partial charge in [-0.15, -0.1) is 0 Å². The van der Waals surface area contributed by atoms with Crippen LogP contribution < -0.4 is 10.6 Å². The van der Waals surface area contributed by atoms with E-state index in [1.807, 2.05) is 13.8 Å². The molecule has 0 unspecified atom stereocenters. The number of nitrogens with one attached hydrogen (secondary N) is 2. The topological polar surface area (TPSA) is 81.7 Å². The van der Waals surface area contributed by atoms with E-state index in [1.54, 1.807) is 4.90 Å². The number of amides is 1. The monoisotopic (exact) mass is 257 g/mol. The first-order valence-corrected chi connectivity index (χ1v) is 6.48. The Kier molecular flexibility index (Phi) is 5.55. The number of hydrogen-bond donors (Lipinski definition) is 3. The van der Waals surface area contributed by atoms with Crippen molar-refractivity contribution in [3.8, 4) is 0 Å². The molecule has 0 aliphatic carbocycles. The molecule has 1 amide bonds. The molecule has 104 valence electrons. The van der Waals surface area contributed by atoms with E-state index in [0.717, 1.165) is 13.1 Å². The number of carbonyl (C=O) groups is 2. The average molecular weight is 257 g/mol. The number of rotatable bonds is 8. The number of carboxylic acids is 1. The van der Waals surface area contributed by atoms with Crippen LogP contribution in [0.4, 0.5) is 0 Å². The molecule has 0 bridgehead atoms. The van der Waals surface area contributed by atoms with Crippen molar-refractivity contribution in [1.29, 1.82) is 0 Å². The van der Waals surface area contributed by atoms with Gasteiger partial charge in [0.2, 0.25) is 5.91 Å². The average Bonchev–Trinajstić information content (AvgIpc) is 2.26. The van der Waals surface area contributed by atoms with E-state index >= 15 is 0 Å². The molecule has 0 saturated carbocycles. The van der Waals surface area contributed by atoms with Gasteiger partial charge in [-0.1, -0.05) is 0 Å². The normalized spacial score (nSPS) is 17.0. The molecule has 0 radical (unpaired) electrons. The van der Waals surface area contributed by atoms with E-state index in [9.17, 15) is 9.59 Å². The van der Waals surface area contributed by atoms with Crippen LogP contribution >= 0.6 is 0 Å². The Labute approximate surface area is 108 Å². The minimum absolute atomic E-state index is 0.0967. The maximum absolute atomic E-state index is 11.8. The summed E-state index contributed by atoms with van der Waals surface area (Å²) in [6.45, 7) is 7.18. The van der Waals surface area contributed by atoms with Crippen LogP contribution in [0.2, 0.25) is 0 Å². The third-order valence-electron chi connectivity index (χ3n) is 3.37. The second-order valence-electron chi connectivity index (χ2n) is 4.70. The zero-order chi connectivity index (χ0) is 13.6. The van der Waals surface area contributed by atoms with Gasteiger partial charge in [-0.3, -0.25) is 9.59 Å². The molecular formula is C12H23N3O3. The summed E-state index contributed by atoms with van der Waals surface area (Å²) in [4.78, 5) is 24.3. The third kappa shape index (κ3) is 3.96. The summed E-state index contributed by atoms with van der Waals surface area (Å²) >= 11 is 0. The molecule has 0 aromatic rings. The lowest BCUT2D eigenvalue weighted by atomic mass is 9.88. The first kappa shape index (κ1) is 14.9. The van der Waals surface area contributed by atoms with Gasteiger partial charge in [-0.2, -0.15) is 0 Å². The molecule has 1 rings (SSSR count). The number of hydrogen-bond acceptors (Lipinski definition) is 4. The van der Waals surface area contributed by atoms with Crippen molar-refractivity contribution in [3.05, 3.63) is 0 Å². The Balaban J connectivity index is 2.31. The highest BCUT2D eigenvalue weighted by molar-refractivity contribution is 5.76. The second kappa shape index (κ2) is 6.70. The SMILES string of the molecule is CCN(CC)C(=O)CCNC1(CC(=O)O)CNC1. The number of aliphatic carboxylic acids is 1. The van der Waals surface area contributed by atoms with E-state index in [2.05, 4.69) is 10.6 Å². The second-order valence-corrected chi connectivity index (χ2v) is 4.70. The molecule has 6 nitrogen and oxygen atoms in total. The summed E-state index contributed by atoms with van der Waals surface area (Å²) in [6.07, 6.45) is 0.516. The third-order valence-corrected chi connectivity index (χ3v) is 3.37. The first-order chi connectivity index (χ1) is 8.53. The maximum Gasteiger partial charge on any atom is 0.305 e. The van der Waals surface area contributed by atoms with Gasteiger partial charge < -0.3 is 20.6 Å².